The molecule has 0 unspecified atom stereocenters. The van der Waals surface area contributed by atoms with Gasteiger partial charge in [-0.05, 0) is 25.0 Å². The Morgan fingerprint density at radius 3 is 2.77 bits per heavy atom. The molecule has 120 valence electrons. The highest BCUT2D eigenvalue weighted by Crippen LogP contribution is 2.18. The largest absolute Gasteiger partial charge is 0.356 e. The lowest BCUT2D eigenvalue weighted by molar-refractivity contribution is -0.118. The summed E-state index contributed by atoms with van der Waals surface area (Å²) in [5.41, 5.74) is 2.31. The summed E-state index contributed by atoms with van der Waals surface area (Å²) in [7, 11) is 0. The Kier molecular flexibility index (Phi) is 6.44. The lowest BCUT2D eigenvalue weighted by Gasteiger charge is -2.09. The molecule has 1 N–H and O–H groups in total. The van der Waals surface area contributed by atoms with E-state index in [9.17, 15) is 4.79 Å². The molecular weight excluding hydrogens is 274 g/mol. The van der Waals surface area contributed by atoms with E-state index in [4.69, 9.17) is 4.98 Å². The molecule has 0 radical (unpaired) electrons. The molecule has 0 spiro atoms. The number of rotatable bonds is 9. The Morgan fingerprint density at radius 2 is 2.00 bits per heavy atom. The van der Waals surface area contributed by atoms with Crippen molar-refractivity contribution in [3.8, 4) is 0 Å². The molecule has 0 aliphatic heterocycles. The number of imidazole rings is 1. The minimum atomic E-state index is 0.0352. The number of nitrogens with one attached hydrogen (secondary N) is 1. The van der Waals surface area contributed by atoms with E-state index in [0.29, 0.717) is 6.54 Å². The van der Waals surface area contributed by atoms with Crippen LogP contribution < -0.4 is 5.32 Å². The lowest BCUT2D eigenvalue weighted by Crippen LogP contribution is -2.21. The van der Waals surface area contributed by atoms with Gasteiger partial charge in [-0.15, -0.1) is 0 Å². The van der Waals surface area contributed by atoms with Crippen molar-refractivity contribution >= 4 is 16.9 Å². The summed E-state index contributed by atoms with van der Waals surface area (Å²) in [6.45, 7) is 5.55. The quantitative estimate of drug-likeness (QED) is 0.718. The first-order valence-corrected chi connectivity index (χ1v) is 8.41. The molecular formula is C18H27N3O. The van der Waals surface area contributed by atoms with Crippen molar-refractivity contribution in [3.63, 3.8) is 0 Å². The van der Waals surface area contributed by atoms with Crippen LogP contribution in [0.1, 0.15) is 51.8 Å². The smallest absolute Gasteiger partial charge is 0.216 e. The summed E-state index contributed by atoms with van der Waals surface area (Å²) in [5, 5.41) is 2.85. The Hall–Kier alpha value is -1.84. The number of amides is 1. The number of hydrogen-bond acceptors (Lipinski definition) is 2. The minimum Gasteiger partial charge on any atom is -0.356 e. The first-order chi connectivity index (χ1) is 10.7. The number of carbonyl (C=O) groups excluding carboxylic acids is 1. The highest BCUT2D eigenvalue weighted by Gasteiger charge is 2.09. The Morgan fingerprint density at radius 1 is 1.18 bits per heavy atom. The Balaban J connectivity index is 2.04. The summed E-state index contributed by atoms with van der Waals surface area (Å²) in [6.07, 6.45) is 6.86. The van der Waals surface area contributed by atoms with Crippen molar-refractivity contribution < 1.29 is 4.79 Å². The maximum atomic E-state index is 10.9. The van der Waals surface area contributed by atoms with E-state index < -0.39 is 0 Å². The zero-order valence-electron chi connectivity index (χ0n) is 13.8. The van der Waals surface area contributed by atoms with Crippen LogP contribution in [0.5, 0.6) is 0 Å². The average molecular weight is 301 g/mol. The van der Waals surface area contributed by atoms with E-state index in [1.54, 1.807) is 6.92 Å². The number of carbonyl (C=O) groups is 1. The molecule has 1 aromatic carbocycles. The monoisotopic (exact) mass is 301 g/mol. The van der Waals surface area contributed by atoms with Crippen LogP contribution >= 0.6 is 0 Å². The fourth-order valence-corrected chi connectivity index (χ4v) is 2.77. The van der Waals surface area contributed by atoms with Crippen molar-refractivity contribution in [2.75, 3.05) is 6.54 Å². The number of aryl methyl sites for hydroxylation is 2. The van der Waals surface area contributed by atoms with Crippen molar-refractivity contribution in [2.45, 2.75) is 58.9 Å². The molecule has 2 aromatic rings. The number of benzene rings is 1. The molecule has 0 aliphatic carbocycles. The second kappa shape index (κ2) is 8.57. The number of hydrogen-bond donors (Lipinski definition) is 1. The summed E-state index contributed by atoms with van der Waals surface area (Å²) < 4.78 is 2.36. The Bertz CT molecular complexity index is 603. The highest BCUT2D eigenvalue weighted by atomic mass is 16.1. The number of aromatic nitrogens is 2. The fraction of sp³-hybridized carbons (Fsp3) is 0.556. The van der Waals surface area contributed by atoms with Gasteiger partial charge in [-0.2, -0.15) is 0 Å². The number of nitrogens with zero attached hydrogens (tertiary/aromatic N) is 2. The second-order valence-corrected chi connectivity index (χ2v) is 5.82. The van der Waals surface area contributed by atoms with Gasteiger partial charge < -0.3 is 9.88 Å². The van der Waals surface area contributed by atoms with Gasteiger partial charge in [-0.3, -0.25) is 4.79 Å². The summed E-state index contributed by atoms with van der Waals surface area (Å²) in [5.74, 6) is 1.18. The minimum absolute atomic E-state index is 0.0352. The lowest BCUT2D eigenvalue weighted by atomic mass is 10.2. The van der Waals surface area contributed by atoms with E-state index in [-0.39, 0.29) is 5.91 Å². The number of para-hydroxylation sites is 2. The third-order valence-electron chi connectivity index (χ3n) is 3.92. The van der Waals surface area contributed by atoms with Crippen LogP contribution in [-0.2, 0) is 17.8 Å². The van der Waals surface area contributed by atoms with Gasteiger partial charge in [0.1, 0.15) is 5.82 Å². The predicted molar refractivity (Wildman–Crippen MR) is 90.9 cm³/mol. The van der Waals surface area contributed by atoms with Crippen molar-refractivity contribution in [2.24, 2.45) is 0 Å². The predicted octanol–water partition coefficient (Wildman–Crippen LogP) is 3.69. The first-order valence-electron chi connectivity index (χ1n) is 8.41. The van der Waals surface area contributed by atoms with Crippen molar-refractivity contribution in [3.05, 3.63) is 30.1 Å². The fourth-order valence-electron chi connectivity index (χ4n) is 2.77. The van der Waals surface area contributed by atoms with Crippen molar-refractivity contribution in [1.82, 2.24) is 14.9 Å². The van der Waals surface area contributed by atoms with Crippen LogP contribution in [0.3, 0.4) is 0 Å². The van der Waals surface area contributed by atoms with Crippen LogP contribution in [0.2, 0.25) is 0 Å². The normalized spacial score (nSPS) is 11.0. The maximum absolute atomic E-state index is 10.9. The number of fused-ring (bicyclic) bond motifs is 1. The molecule has 1 heterocycles. The van der Waals surface area contributed by atoms with Crippen molar-refractivity contribution in [1.29, 1.82) is 0 Å². The van der Waals surface area contributed by atoms with E-state index >= 15 is 0 Å². The van der Waals surface area contributed by atoms with Gasteiger partial charge in [-0.1, -0.05) is 38.3 Å². The standard InChI is InChI=1S/C18H27N3O/c1-3-4-5-8-14-21-17-11-7-6-10-16(17)20-18(21)12-9-13-19-15(2)22/h6-7,10-11H,3-5,8-9,12-14H2,1-2H3,(H,19,22). The molecule has 0 aliphatic rings. The van der Waals surface area contributed by atoms with Crippen LogP contribution in [0.15, 0.2) is 24.3 Å². The molecule has 1 amide bonds. The van der Waals surface area contributed by atoms with Gasteiger partial charge in [0.15, 0.2) is 0 Å². The van der Waals surface area contributed by atoms with Crippen LogP contribution in [0.25, 0.3) is 11.0 Å². The van der Waals surface area contributed by atoms with Gasteiger partial charge in [0, 0.05) is 26.4 Å². The molecule has 0 saturated heterocycles. The van der Waals surface area contributed by atoms with Crippen LogP contribution in [0.4, 0.5) is 0 Å². The van der Waals surface area contributed by atoms with E-state index in [2.05, 4.69) is 35.0 Å². The van der Waals surface area contributed by atoms with Gasteiger partial charge >= 0.3 is 0 Å². The molecule has 1 aromatic heterocycles. The summed E-state index contributed by atoms with van der Waals surface area (Å²) in [4.78, 5) is 15.7. The molecule has 4 nitrogen and oxygen atoms in total. The van der Waals surface area contributed by atoms with Gasteiger partial charge in [-0.25, -0.2) is 4.98 Å². The van der Waals surface area contributed by atoms with Crippen LogP contribution in [-0.4, -0.2) is 22.0 Å². The summed E-state index contributed by atoms with van der Waals surface area (Å²) in [6, 6.07) is 8.35. The zero-order valence-corrected chi connectivity index (χ0v) is 13.8. The van der Waals surface area contributed by atoms with Crippen LogP contribution in [0, 0.1) is 0 Å². The average Bonchev–Trinajstić information content (AvgIpc) is 2.86. The molecule has 2 rings (SSSR count). The van der Waals surface area contributed by atoms with E-state index in [1.165, 1.54) is 31.2 Å². The molecule has 0 atom stereocenters. The van der Waals surface area contributed by atoms with E-state index in [0.717, 1.165) is 30.7 Å². The van der Waals surface area contributed by atoms with Gasteiger partial charge in [0.25, 0.3) is 0 Å². The first kappa shape index (κ1) is 16.5. The molecule has 0 saturated carbocycles. The third kappa shape index (κ3) is 4.58. The van der Waals surface area contributed by atoms with Gasteiger partial charge in [0.05, 0.1) is 11.0 Å². The third-order valence-corrected chi connectivity index (χ3v) is 3.92. The highest BCUT2D eigenvalue weighted by molar-refractivity contribution is 5.76. The molecule has 0 bridgehead atoms. The second-order valence-electron chi connectivity index (χ2n) is 5.82. The molecule has 22 heavy (non-hydrogen) atoms. The SMILES string of the molecule is CCCCCCn1c(CCCNC(C)=O)nc2ccccc21. The topological polar surface area (TPSA) is 46.9 Å². The van der Waals surface area contributed by atoms with E-state index in [1.807, 2.05) is 6.07 Å². The molecule has 0 fully saturated rings. The number of unbranched alkanes of at least 4 members (excludes halogenated alkanes) is 3. The zero-order chi connectivity index (χ0) is 15.8. The van der Waals surface area contributed by atoms with Gasteiger partial charge in [0.2, 0.25) is 5.91 Å². The maximum Gasteiger partial charge on any atom is 0.216 e. The molecule has 4 heteroatoms. The Labute approximate surface area is 132 Å². The summed E-state index contributed by atoms with van der Waals surface area (Å²) >= 11 is 0.